The molecule has 160 valence electrons. The van der Waals surface area contributed by atoms with Crippen molar-refractivity contribution in [1.29, 1.82) is 0 Å². The Hall–Kier alpha value is -2.82. The first-order valence-electron chi connectivity index (χ1n) is 16.6. The molecule has 0 radical (unpaired) electrons. The van der Waals surface area contributed by atoms with Gasteiger partial charge in [0.25, 0.3) is 0 Å². The molecule has 2 aliphatic rings. The molecule has 5 rings (SSSR count). The van der Waals surface area contributed by atoms with Crippen LogP contribution in [0, 0.1) is 0 Å². The number of nitrogens with zero attached hydrogens (tertiary/aromatic N) is 1. The average molecular weight is 429 g/mol. The van der Waals surface area contributed by atoms with E-state index in [4.69, 9.17) is 30.7 Å². The highest BCUT2D eigenvalue weighted by Gasteiger charge is 2.25. The first kappa shape index (κ1) is 10.2. The Bertz CT molecular complexity index is 1510. The second-order valence-corrected chi connectivity index (χ2v) is 7.33. The van der Waals surface area contributed by atoms with Crippen molar-refractivity contribution in [3.05, 3.63) is 95.3 Å². The number of rotatable bonds is 7. The van der Waals surface area contributed by atoms with Gasteiger partial charge in [-0.15, -0.1) is 0 Å². The first-order valence-corrected chi connectivity index (χ1v) is 10.1. The van der Waals surface area contributed by atoms with E-state index in [9.17, 15) is 1.37 Å². The zero-order valence-electron chi connectivity index (χ0n) is 29.7. The summed E-state index contributed by atoms with van der Waals surface area (Å²) in [6.45, 7) is -0.783. The minimum atomic E-state index is -2.75. The summed E-state index contributed by atoms with van der Waals surface area (Å²) in [4.78, 5) is 2.04. The largest absolute Gasteiger partial charge is 0.454 e. The van der Waals surface area contributed by atoms with E-state index in [2.05, 4.69) is 0 Å². The standard InChI is InChI=1S/C27H29NO3/c1-3-8-22(9-4-1)27(23-10-5-2-6-11-23)31-24-12-7-16-28(19-24)17-15-21-13-14-25-26(18-21)30-20-29-25/h1-6,8-11,13-14,18,24,27H,7,12,15-17,19-20H2/t24-/m1/s1/i1D,2D,3D,4D,5D,6D,8D,9D,10D,11D,20D2,27D. The molecule has 4 heteroatoms. The highest BCUT2D eigenvalue weighted by molar-refractivity contribution is 5.44. The maximum absolute atomic E-state index is 9.50. The van der Waals surface area contributed by atoms with Crippen LogP contribution in [0.3, 0.4) is 0 Å². The van der Waals surface area contributed by atoms with Gasteiger partial charge in [0.2, 0.25) is 6.75 Å². The Kier molecular flexibility index (Phi) is 3.14. The minimum Gasteiger partial charge on any atom is -0.454 e. The molecule has 0 unspecified atom stereocenters. The normalized spacial score (nSPS) is 26.3. The third kappa shape index (κ3) is 4.92. The van der Waals surface area contributed by atoms with Crippen LogP contribution in [0.25, 0.3) is 0 Å². The van der Waals surface area contributed by atoms with E-state index in [1.54, 1.807) is 18.2 Å². The molecule has 3 aromatic carbocycles. The maximum atomic E-state index is 9.50. The molecule has 1 atom stereocenters. The number of hydrogen-bond acceptors (Lipinski definition) is 4. The molecule has 1 fully saturated rings. The lowest BCUT2D eigenvalue weighted by Crippen LogP contribution is -2.41. The van der Waals surface area contributed by atoms with Crippen molar-refractivity contribution in [1.82, 2.24) is 4.90 Å². The van der Waals surface area contributed by atoms with Crippen molar-refractivity contribution >= 4 is 0 Å². The lowest BCUT2D eigenvalue weighted by Gasteiger charge is -2.35. The van der Waals surface area contributed by atoms with Gasteiger partial charge < -0.3 is 19.1 Å². The molecule has 0 aromatic heterocycles. The van der Waals surface area contributed by atoms with Gasteiger partial charge in [-0.2, -0.15) is 0 Å². The molecule has 0 saturated carbocycles. The van der Waals surface area contributed by atoms with Gasteiger partial charge >= 0.3 is 0 Å². The summed E-state index contributed by atoms with van der Waals surface area (Å²) in [7, 11) is 0. The van der Waals surface area contributed by atoms with Gasteiger partial charge in [0.05, 0.1) is 21.2 Å². The van der Waals surface area contributed by atoms with Crippen LogP contribution in [-0.4, -0.2) is 37.4 Å². The third-order valence-corrected chi connectivity index (χ3v) is 5.23. The van der Waals surface area contributed by atoms with Crippen LogP contribution >= 0.6 is 0 Å². The molecule has 2 aliphatic heterocycles. The molecular weight excluding hydrogens is 386 g/mol. The Morgan fingerprint density at radius 2 is 1.74 bits per heavy atom. The highest BCUT2D eigenvalue weighted by atomic mass is 16.7. The summed E-state index contributed by atoms with van der Waals surface area (Å²) < 4.78 is 124. The zero-order valence-corrected chi connectivity index (χ0v) is 16.7. The predicted molar refractivity (Wildman–Crippen MR) is 122 cm³/mol. The summed E-state index contributed by atoms with van der Waals surface area (Å²) in [5.41, 5.74) is -0.417. The molecule has 0 aliphatic carbocycles. The van der Waals surface area contributed by atoms with Crippen LogP contribution in [0.5, 0.6) is 11.5 Å². The van der Waals surface area contributed by atoms with Crippen molar-refractivity contribution in [2.24, 2.45) is 0 Å². The van der Waals surface area contributed by atoms with E-state index >= 15 is 0 Å². The van der Waals surface area contributed by atoms with Gasteiger partial charge in [-0.3, -0.25) is 0 Å². The van der Waals surface area contributed by atoms with Gasteiger partial charge in [-0.25, -0.2) is 0 Å². The molecule has 31 heavy (non-hydrogen) atoms. The Labute approximate surface area is 202 Å². The fraction of sp³-hybridized carbons (Fsp3) is 0.333. The number of benzene rings is 3. The van der Waals surface area contributed by atoms with E-state index in [1.807, 2.05) is 4.90 Å². The first-order chi connectivity index (χ1) is 20.6. The predicted octanol–water partition coefficient (Wildman–Crippen LogP) is 5.23. The molecular formula is C27H29NO3. The van der Waals surface area contributed by atoms with Gasteiger partial charge in [0.1, 0.15) is 8.82 Å². The molecule has 0 bridgehead atoms. The van der Waals surface area contributed by atoms with Crippen LogP contribution in [0.2, 0.25) is 0 Å². The van der Waals surface area contributed by atoms with E-state index in [0.717, 1.165) is 5.56 Å². The summed E-state index contributed by atoms with van der Waals surface area (Å²) in [6.07, 6.45) is -1.94. The lowest BCUT2D eigenvalue weighted by molar-refractivity contribution is -0.0330. The van der Waals surface area contributed by atoms with Gasteiger partial charge in [0.15, 0.2) is 11.5 Å². The van der Waals surface area contributed by atoms with Crippen molar-refractivity contribution in [2.75, 3.05) is 26.4 Å². The minimum absolute atomic E-state index is 0.255. The summed E-state index contributed by atoms with van der Waals surface area (Å²) in [5.74, 6) is 0.598. The molecule has 0 amide bonds. The second-order valence-electron chi connectivity index (χ2n) is 7.33. The second kappa shape index (κ2) is 9.54. The Balaban J connectivity index is 1.48. The Morgan fingerprint density at radius 3 is 2.48 bits per heavy atom. The summed E-state index contributed by atoms with van der Waals surface area (Å²) >= 11 is 0. The number of hydrogen-bond donors (Lipinski definition) is 0. The Morgan fingerprint density at radius 1 is 1.03 bits per heavy atom. The third-order valence-electron chi connectivity index (χ3n) is 5.23. The molecule has 2 heterocycles. The van der Waals surface area contributed by atoms with Gasteiger partial charge in [-0.1, -0.05) is 66.5 Å². The van der Waals surface area contributed by atoms with E-state index in [-0.39, 0.29) is 6.54 Å². The lowest BCUT2D eigenvalue weighted by atomic mass is 10.00. The molecule has 0 N–H and O–H groups in total. The number of fused-ring (bicyclic) bond motifs is 1. The zero-order chi connectivity index (χ0) is 32.3. The fourth-order valence-corrected chi connectivity index (χ4v) is 3.72. The maximum Gasteiger partial charge on any atom is 0.231 e. The van der Waals surface area contributed by atoms with Crippen molar-refractivity contribution < 1.29 is 32.0 Å². The molecule has 1 saturated heterocycles. The summed E-state index contributed by atoms with van der Waals surface area (Å²) in [6, 6.07) is -2.29. The van der Waals surface area contributed by atoms with Crippen molar-refractivity contribution in [3.8, 4) is 11.5 Å². The van der Waals surface area contributed by atoms with Crippen molar-refractivity contribution in [2.45, 2.75) is 31.4 Å². The molecule has 4 nitrogen and oxygen atoms in total. The van der Waals surface area contributed by atoms with Crippen LogP contribution < -0.4 is 9.47 Å². The SMILES string of the molecule is [2H]c1c([2H])c([2H])c(C([2H])(O[C@@H]2CCCN(CCc3ccc4c(c3)OC([2H])([2H])O4)C2)c2c([2H])c([2H])c([2H])c([2H])c2[2H])c([2H])c1[2H]. The van der Waals surface area contributed by atoms with Crippen LogP contribution in [-0.2, 0) is 11.2 Å². The molecule has 3 aromatic rings. The van der Waals surface area contributed by atoms with Gasteiger partial charge in [-0.05, 0) is 54.6 Å². The van der Waals surface area contributed by atoms with Crippen LogP contribution in [0.4, 0.5) is 0 Å². The van der Waals surface area contributed by atoms with Gasteiger partial charge in [0, 0.05) is 13.1 Å². The van der Waals surface area contributed by atoms with Crippen LogP contribution in [0.15, 0.2) is 78.6 Å². The topological polar surface area (TPSA) is 30.9 Å². The smallest absolute Gasteiger partial charge is 0.231 e. The number of ether oxygens (including phenoxy) is 3. The fourth-order valence-electron chi connectivity index (χ4n) is 3.72. The summed E-state index contributed by atoms with van der Waals surface area (Å²) in [5, 5.41) is 0. The highest BCUT2D eigenvalue weighted by Crippen LogP contribution is 2.33. The monoisotopic (exact) mass is 428 g/mol. The van der Waals surface area contributed by atoms with E-state index in [0.29, 0.717) is 43.9 Å². The van der Waals surface area contributed by atoms with E-state index in [1.165, 1.54) is 0 Å². The molecule has 0 spiro atoms. The van der Waals surface area contributed by atoms with E-state index < -0.39 is 90.5 Å². The number of likely N-dealkylation sites (tertiary alicyclic amines) is 1. The van der Waals surface area contributed by atoms with Crippen molar-refractivity contribution in [3.63, 3.8) is 0 Å². The van der Waals surface area contributed by atoms with Crippen LogP contribution in [0.1, 0.15) is 53.4 Å². The number of piperidine rings is 1. The average Bonchev–Trinajstić information content (AvgIpc) is 3.29. The quantitative estimate of drug-likeness (QED) is 0.516.